The minimum absolute atomic E-state index is 0.635. The highest BCUT2D eigenvalue weighted by molar-refractivity contribution is 7.20. The van der Waals surface area contributed by atoms with Crippen molar-refractivity contribution in [2.45, 2.75) is 12.8 Å². The van der Waals surface area contributed by atoms with Crippen LogP contribution in [0.4, 0.5) is 0 Å². The Labute approximate surface area is 105 Å². The number of piperidine rings is 1. The normalized spacial score (nSPS) is 20.6. The van der Waals surface area contributed by atoms with Crippen LogP contribution in [-0.2, 0) is 0 Å². The third-order valence-corrected chi connectivity index (χ3v) is 4.06. The summed E-state index contributed by atoms with van der Waals surface area (Å²) in [6.07, 6.45) is 2.52. The molecule has 1 saturated heterocycles. The van der Waals surface area contributed by atoms with Crippen molar-refractivity contribution in [3.63, 3.8) is 0 Å². The second-order valence-corrected chi connectivity index (χ2v) is 5.46. The first-order valence-electron chi connectivity index (χ1n) is 6.11. The highest BCUT2D eigenvalue weighted by Gasteiger charge is 2.14. The third-order valence-electron chi connectivity index (χ3n) is 3.12. The summed E-state index contributed by atoms with van der Waals surface area (Å²) < 4.78 is 7.00. The smallest absolute Gasteiger partial charge is 0.274 e. The van der Waals surface area contributed by atoms with E-state index in [1.165, 1.54) is 17.5 Å². The first-order chi connectivity index (χ1) is 8.42. The quantitative estimate of drug-likeness (QED) is 0.906. The SMILES string of the molecule is c1ccc2sc(OC[C@H]3CCCNC3)nc2c1. The molecule has 1 fully saturated rings. The number of nitrogens with zero attached hydrogens (tertiary/aromatic N) is 1. The number of hydrogen-bond donors (Lipinski definition) is 1. The molecule has 1 N–H and O–H groups in total. The molecule has 0 spiro atoms. The third kappa shape index (κ3) is 2.58. The van der Waals surface area contributed by atoms with Crippen LogP contribution in [0.15, 0.2) is 24.3 Å². The lowest BCUT2D eigenvalue weighted by Crippen LogP contribution is -2.32. The van der Waals surface area contributed by atoms with Gasteiger partial charge in [0, 0.05) is 12.5 Å². The van der Waals surface area contributed by atoms with E-state index in [1.54, 1.807) is 11.3 Å². The van der Waals surface area contributed by atoms with Crippen molar-refractivity contribution >= 4 is 21.6 Å². The van der Waals surface area contributed by atoms with E-state index in [9.17, 15) is 0 Å². The van der Waals surface area contributed by atoms with E-state index in [2.05, 4.69) is 16.4 Å². The Balaban J connectivity index is 1.64. The van der Waals surface area contributed by atoms with Crippen molar-refractivity contribution in [2.24, 2.45) is 5.92 Å². The maximum atomic E-state index is 5.80. The van der Waals surface area contributed by atoms with Crippen LogP contribution in [0, 0.1) is 5.92 Å². The number of para-hydroxylation sites is 1. The van der Waals surface area contributed by atoms with Gasteiger partial charge in [-0.3, -0.25) is 0 Å². The number of ether oxygens (including phenoxy) is 1. The van der Waals surface area contributed by atoms with Gasteiger partial charge in [-0.2, -0.15) is 0 Å². The van der Waals surface area contributed by atoms with E-state index in [-0.39, 0.29) is 0 Å². The lowest BCUT2D eigenvalue weighted by molar-refractivity contribution is 0.218. The van der Waals surface area contributed by atoms with Gasteiger partial charge in [0.15, 0.2) is 0 Å². The highest BCUT2D eigenvalue weighted by atomic mass is 32.1. The molecular formula is C13H16N2OS. The van der Waals surface area contributed by atoms with Crippen molar-refractivity contribution in [1.82, 2.24) is 10.3 Å². The minimum atomic E-state index is 0.635. The number of hydrogen-bond acceptors (Lipinski definition) is 4. The molecule has 1 aromatic heterocycles. The predicted molar refractivity (Wildman–Crippen MR) is 70.7 cm³/mol. The van der Waals surface area contributed by atoms with Crippen LogP contribution in [0.3, 0.4) is 0 Å². The van der Waals surface area contributed by atoms with Crippen LogP contribution in [0.2, 0.25) is 0 Å². The van der Waals surface area contributed by atoms with Crippen LogP contribution in [0.5, 0.6) is 5.19 Å². The van der Waals surface area contributed by atoms with Crippen LogP contribution in [-0.4, -0.2) is 24.7 Å². The van der Waals surface area contributed by atoms with Gasteiger partial charge in [-0.25, -0.2) is 4.98 Å². The molecule has 1 aliphatic heterocycles. The van der Waals surface area contributed by atoms with Gasteiger partial charge in [0.25, 0.3) is 5.19 Å². The fourth-order valence-corrected chi connectivity index (χ4v) is 2.99. The van der Waals surface area contributed by atoms with Gasteiger partial charge in [-0.1, -0.05) is 23.5 Å². The standard InChI is InChI=1S/C13H16N2OS/c1-2-6-12-11(5-1)15-13(17-12)16-9-10-4-3-7-14-8-10/h1-2,5-6,10,14H,3-4,7-9H2/t10-/m0/s1. The molecule has 90 valence electrons. The molecule has 0 bridgehead atoms. The van der Waals surface area contributed by atoms with E-state index >= 15 is 0 Å². The number of aromatic nitrogens is 1. The fraction of sp³-hybridized carbons (Fsp3) is 0.462. The second-order valence-electron chi connectivity index (χ2n) is 4.47. The Kier molecular flexibility index (Phi) is 3.25. The minimum Gasteiger partial charge on any atom is -0.470 e. The van der Waals surface area contributed by atoms with E-state index in [0.29, 0.717) is 5.92 Å². The summed E-state index contributed by atoms with van der Waals surface area (Å²) in [7, 11) is 0. The molecule has 0 aliphatic carbocycles. The topological polar surface area (TPSA) is 34.1 Å². The zero-order valence-electron chi connectivity index (χ0n) is 9.69. The Morgan fingerprint density at radius 2 is 2.35 bits per heavy atom. The Hall–Kier alpha value is -1.13. The zero-order chi connectivity index (χ0) is 11.5. The molecule has 4 heteroatoms. The molecule has 0 saturated carbocycles. The summed E-state index contributed by atoms with van der Waals surface area (Å²) in [5.74, 6) is 0.635. The first kappa shape index (κ1) is 11.0. The van der Waals surface area contributed by atoms with Gasteiger partial charge in [0.2, 0.25) is 0 Å². The van der Waals surface area contributed by atoms with E-state index in [1.807, 2.05) is 18.2 Å². The van der Waals surface area contributed by atoms with E-state index in [4.69, 9.17) is 4.74 Å². The second kappa shape index (κ2) is 5.02. The Bertz CT molecular complexity index is 458. The lowest BCUT2D eigenvalue weighted by atomic mass is 10.0. The molecule has 2 aromatic rings. The summed E-state index contributed by atoms with van der Waals surface area (Å²) >= 11 is 1.63. The van der Waals surface area contributed by atoms with Gasteiger partial charge >= 0.3 is 0 Å². The Morgan fingerprint density at radius 1 is 1.41 bits per heavy atom. The predicted octanol–water partition coefficient (Wildman–Crippen LogP) is 2.67. The molecule has 3 nitrogen and oxygen atoms in total. The van der Waals surface area contributed by atoms with Crippen molar-refractivity contribution < 1.29 is 4.74 Å². The molecule has 2 heterocycles. The highest BCUT2D eigenvalue weighted by Crippen LogP contribution is 2.27. The van der Waals surface area contributed by atoms with Gasteiger partial charge in [0.05, 0.1) is 16.8 Å². The molecule has 0 unspecified atom stereocenters. The number of fused-ring (bicyclic) bond motifs is 1. The van der Waals surface area contributed by atoms with Crippen LogP contribution in [0.1, 0.15) is 12.8 Å². The van der Waals surface area contributed by atoms with Gasteiger partial charge in [0.1, 0.15) is 0 Å². The van der Waals surface area contributed by atoms with Crippen molar-refractivity contribution in [1.29, 1.82) is 0 Å². The summed E-state index contributed by atoms with van der Waals surface area (Å²) in [6, 6.07) is 8.16. The summed E-state index contributed by atoms with van der Waals surface area (Å²) in [6.45, 7) is 3.01. The first-order valence-corrected chi connectivity index (χ1v) is 6.92. The summed E-state index contributed by atoms with van der Waals surface area (Å²) in [5, 5.41) is 4.20. The van der Waals surface area contributed by atoms with Gasteiger partial charge in [-0.05, 0) is 31.5 Å². The number of benzene rings is 1. The fourth-order valence-electron chi connectivity index (χ4n) is 2.17. The summed E-state index contributed by atoms with van der Waals surface area (Å²) in [4.78, 5) is 4.47. The molecule has 0 radical (unpaired) electrons. The molecule has 0 amide bonds. The van der Waals surface area contributed by atoms with E-state index in [0.717, 1.165) is 30.4 Å². The molecule has 1 aliphatic rings. The lowest BCUT2D eigenvalue weighted by Gasteiger charge is -2.21. The summed E-state index contributed by atoms with van der Waals surface area (Å²) in [5.41, 5.74) is 1.04. The van der Waals surface area contributed by atoms with Crippen LogP contribution >= 0.6 is 11.3 Å². The number of nitrogens with one attached hydrogen (secondary N) is 1. The zero-order valence-corrected chi connectivity index (χ0v) is 10.5. The number of thiazole rings is 1. The average molecular weight is 248 g/mol. The van der Waals surface area contributed by atoms with E-state index < -0.39 is 0 Å². The van der Waals surface area contributed by atoms with Crippen LogP contribution < -0.4 is 10.1 Å². The van der Waals surface area contributed by atoms with Crippen molar-refractivity contribution in [3.8, 4) is 5.19 Å². The molecule has 1 aromatic carbocycles. The van der Waals surface area contributed by atoms with Crippen molar-refractivity contribution in [3.05, 3.63) is 24.3 Å². The molecule has 17 heavy (non-hydrogen) atoms. The van der Waals surface area contributed by atoms with Gasteiger partial charge in [-0.15, -0.1) is 0 Å². The van der Waals surface area contributed by atoms with Crippen molar-refractivity contribution in [2.75, 3.05) is 19.7 Å². The van der Waals surface area contributed by atoms with Crippen LogP contribution in [0.25, 0.3) is 10.2 Å². The van der Waals surface area contributed by atoms with Gasteiger partial charge < -0.3 is 10.1 Å². The maximum absolute atomic E-state index is 5.80. The largest absolute Gasteiger partial charge is 0.470 e. The monoisotopic (exact) mass is 248 g/mol. The molecule has 3 rings (SSSR count). The molecule has 1 atom stereocenters. The Morgan fingerprint density at radius 3 is 3.18 bits per heavy atom. The number of rotatable bonds is 3. The maximum Gasteiger partial charge on any atom is 0.274 e. The average Bonchev–Trinajstić information content (AvgIpc) is 2.80. The molecular weight excluding hydrogens is 232 g/mol.